The molecule has 0 spiro atoms. The summed E-state index contributed by atoms with van der Waals surface area (Å²) in [6, 6.07) is 10.9. The first-order valence-corrected chi connectivity index (χ1v) is 11.2. The molecule has 38 heavy (non-hydrogen) atoms. The summed E-state index contributed by atoms with van der Waals surface area (Å²) in [5.41, 5.74) is -2.01. The van der Waals surface area contributed by atoms with Crippen LogP contribution in [0.15, 0.2) is 59.0 Å². The number of carbonyl (C=O) groups excluding carboxylic acids is 1. The van der Waals surface area contributed by atoms with Gasteiger partial charge in [-0.3, -0.25) is 19.6 Å². The molecule has 1 N–H and O–H groups in total. The van der Waals surface area contributed by atoms with Gasteiger partial charge in [-0.05, 0) is 36.4 Å². The average Bonchev–Trinajstić information content (AvgIpc) is 3.49. The Labute approximate surface area is 220 Å². The van der Waals surface area contributed by atoms with Gasteiger partial charge in [-0.15, -0.1) is 0 Å². The molecule has 2 aromatic heterocycles. The van der Waals surface area contributed by atoms with E-state index in [1.807, 2.05) is 0 Å². The maximum Gasteiger partial charge on any atom is 0.291 e. The minimum Gasteiger partial charge on any atom is -0.455 e. The summed E-state index contributed by atoms with van der Waals surface area (Å²) in [6.07, 6.45) is -6.12. The van der Waals surface area contributed by atoms with Gasteiger partial charge in [0.1, 0.15) is 28.6 Å². The first kappa shape index (κ1) is 26.9. The van der Waals surface area contributed by atoms with Crippen molar-refractivity contribution in [3.8, 4) is 11.5 Å². The van der Waals surface area contributed by atoms with Crippen molar-refractivity contribution in [2.24, 2.45) is 0 Å². The number of hydrogen-bond donors (Lipinski definition) is 1. The molecule has 0 saturated carbocycles. The molecule has 15 heteroatoms. The number of benzene rings is 2. The molecule has 4 rings (SSSR count). The van der Waals surface area contributed by atoms with Crippen molar-refractivity contribution in [2.45, 2.75) is 19.4 Å². The Hall–Kier alpha value is -4.10. The van der Waals surface area contributed by atoms with Crippen LogP contribution in [0, 0.1) is 10.1 Å². The molecule has 2 aromatic carbocycles. The highest BCUT2D eigenvalue weighted by molar-refractivity contribution is 6.35. The zero-order valence-corrected chi connectivity index (χ0v) is 20.2. The van der Waals surface area contributed by atoms with Crippen LogP contribution < -0.4 is 10.1 Å². The van der Waals surface area contributed by atoms with Crippen LogP contribution in [-0.2, 0) is 6.54 Å². The third-order valence-electron chi connectivity index (χ3n) is 4.95. The van der Waals surface area contributed by atoms with Crippen LogP contribution in [-0.4, -0.2) is 20.6 Å². The van der Waals surface area contributed by atoms with Crippen LogP contribution in [0.2, 0.25) is 10.0 Å². The maximum atomic E-state index is 13.2. The fraction of sp³-hybridized carbons (Fsp3) is 0.130. The molecule has 4 aromatic rings. The van der Waals surface area contributed by atoms with E-state index in [2.05, 4.69) is 10.4 Å². The van der Waals surface area contributed by atoms with Crippen molar-refractivity contribution in [1.29, 1.82) is 0 Å². The van der Waals surface area contributed by atoms with E-state index in [0.29, 0.717) is 15.8 Å². The molecule has 0 unspecified atom stereocenters. The predicted molar refractivity (Wildman–Crippen MR) is 128 cm³/mol. The highest BCUT2D eigenvalue weighted by Crippen LogP contribution is 2.35. The minimum atomic E-state index is -3.07. The molecule has 0 saturated heterocycles. The lowest BCUT2D eigenvalue weighted by Crippen LogP contribution is -2.11. The van der Waals surface area contributed by atoms with Crippen LogP contribution >= 0.6 is 23.2 Å². The smallest absolute Gasteiger partial charge is 0.291 e. The van der Waals surface area contributed by atoms with Crippen molar-refractivity contribution in [1.82, 2.24) is 9.78 Å². The number of anilines is 1. The molecule has 2 heterocycles. The summed E-state index contributed by atoms with van der Waals surface area (Å²) in [5, 5.41) is 17.8. The summed E-state index contributed by atoms with van der Waals surface area (Å²) in [4.78, 5) is 23.4. The number of amides is 1. The van der Waals surface area contributed by atoms with Crippen molar-refractivity contribution in [3.05, 3.63) is 97.7 Å². The van der Waals surface area contributed by atoms with Gasteiger partial charge in [0.15, 0.2) is 5.76 Å². The molecule has 0 bridgehead atoms. The third kappa shape index (κ3) is 6.23. The van der Waals surface area contributed by atoms with Crippen molar-refractivity contribution < 1.29 is 36.4 Å². The number of alkyl halides is 4. The Morgan fingerprint density at radius 1 is 1.08 bits per heavy atom. The van der Waals surface area contributed by atoms with E-state index in [-0.39, 0.29) is 33.7 Å². The van der Waals surface area contributed by atoms with E-state index < -0.39 is 47.3 Å². The molecular weight excluding hydrogens is 559 g/mol. The normalized spacial score (nSPS) is 11.3. The van der Waals surface area contributed by atoms with Gasteiger partial charge in [-0.1, -0.05) is 23.2 Å². The number of aromatic nitrogens is 2. The van der Waals surface area contributed by atoms with E-state index in [4.69, 9.17) is 32.4 Å². The van der Waals surface area contributed by atoms with Crippen LogP contribution in [0.1, 0.15) is 40.6 Å². The standard InChI is InChI=1S/C23H14Cl2F4N4O5/c24-11-1-3-19(16(25)5-11)38-15-7-12(6-13(8-15)33(35)36)30-23(34)20-4-2-14(37-20)10-32-18(22(28)29)9-17(31-32)21(26)27/h1-9,21-22H,10H2,(H,30,34). The van der Waals surface area contributed by atoms with E-state index >= 15 is 0 Å². The fourth-order valence-electron chi connectivity index (χ4n) is 3.29. The topological polar surface area (TPSA) is 112 Å². The first-order chi connectivity index (χ1) is 18.0. The van der Waals surface area contributed by atoms with E-state index in [0.717, 1.165) is 12.1 Å². The minimum absolute atomic E-state index is 0.0214. The second-order valence-electron chi connectivity index (χ2n) is 7.62. The van der Waals surface area contributed by atoms with Gasteiger partial charge >= 0.3 is 0 Å². The maximum absolute atomic E-state index is 13.2. The molecule has 0 aliphatic heterocycles. The zero-order valence-electron chi connectivity index (χ0n) is 18.7. The largest absolute Gasteiger partial charge is 0.455 e. The fourth-order valence-corrected chi connectivity index (χ4v) is 3.74. The van der Waals surface area contributed by atoms with E-state index in [1.54, 1.807) is 0 Å². The summed E-state index contributed by atoms with van der Waals surface area (Å²) in [5.74, 6) is -1.01. The molecule has 1 amide bonds. The Morgan fingerprint density at radius 2 is 1.84 bits per heavy atom. The number of nitro groups is 1. The number of nitrogens with zero attached hydrogens (tertiary/aromatic N) is 3. The molecule has 0 aliphatic carbocycles. The average molecular weight is 573 g/mol. The number of nitrogens with one attached hydrogen (secondary N) is 1. The highest BCUT2D eigenvalue weighted by Gasteiger charge is 2.23. The second-order valence-corrected chi connectivity index (χ2v) is 8.47. The van der Waals surface area contributed by atoms with Gasteiger partial charge in [-0.2, -0.15) is 5.10 Å². The number of non-ortho nitro benzene ring substituents is 1. The van der Waals surface area contributed by atoms with Crippen LogP contribution in [0.5, 0.6) is 11.5 Å². The molecule has 0 aliphatic rings. The van der Waals surface area contributed by atoms with Crippen LogP contribution in [0.25, 0.3) is 0 Å². The lowest BCUT2D eigenvalue weighted by Gasteiger charge is -2.10. The van der Waals surface area contributed by atoms with Gasteiger partial charge in [0.2, 0.25) is 0 Å². The Morgan fingerprint density at radius 3 is 2.50 bits per heavy atom. The van der Waals surface area contributed by atoms with Gasteiger partial charge < -0.3 is 14.5 Å². The van der Waals surface area contributed by atoms with Crippen LogP contribution in [0.3, 0.4) is 0 Å². The van der Waals surface area contributed by atoms with E-state index in [9.17, 15) is 32.5 Å². The molecule has 9 nitrogen and oxygen atoms in total. The van der Waals surface area contributed by atoms with Gasteiger partial charge in [0.25, 0.3) is 24.4 Å². The molecule has 0 radical (unpaired) electrons. The molecular formula is C23H14Cl2F4N4O5. The Bertz CT molecular complexity index is 1510. The number of halogens is 6. The number of carbonyl (C=O) groups is 1. The molecule has 198 valence electrons. The molecule has 0 fully saturated rings. The number of hydrogen-bond acceptors (Lipinski definition) is 6. The van der Waals surface area contributed by atoms with Gasteiger partial charge in [-0.25, -0.2) is 17.6 Å². The number of rotatable bonds is 9. The Balaban J connectivity index is 1.53. The Kier molecular flexibility index (Phi) is 7.88. The monoisotopic (exact) mass is 572 g/mol. The summed E-state index contributed by atoms with van der Waals surface area (Å²) in [7, 11) is 0. The SMILES string of the molecule is O=C(Nc1cc(Oc2ccc(Cl)cc2Cl)cc([N+](=O)[O-])c1)c1ccc(Cn2nc(C(F)F)cc2C(F)F)o1. The van der Waals surface area contributed by atoms with Crippen molar-refractivity contribution >= 4 is 40.5 Å². The second kappa shape index (κ2) is 11.1. The van der Waals surface area contributed by atoms with Crippen LogP contribution in [0.4, 0.5) is 28.9 Å². The third-order valence-corrected chi connectivity index (χ3v) is 5.48. The van der Waals surface area contributed by atoms with Gasteiger partial charge in [0.05, 0.1) is 28.2 Å². The van der Waals surface area contributed by atoms with E-state index in [1.165, 1.54) is 36.4 Å². The quantitative estimate of drug-likeness (QED) is 0.125. The summed E-state index contributed by atoms with van der Waals surface area (Å²) >= 11 is 11.9. The summed E-state index contributed by atoms with van der Waals surface area (Å²) < 4.78 is 63.8. The first-order valence-electron chi connectivity index (χ1n) is 10.5. The van der Waals surface area contributed by atoms with Crippen molar-refractivity contribution in [3.63, 3.8) is 0 Å². The number of nitro benzene ring substituents is 1. The highest BCUT2D eigenvalue weighted by atomic mass is 35.5. The number of furan rings is 1. The lowest BCUT2D eigenvalue weighted by atomic mass is 10.2. The summed E-state index contributed by atoms with van der Waals surface area (Å²) in [6.45, 7) is -0.448. The van der Waals surface area contributed by atoms with Crippen molar-refractivity contribution in [2.75, 3.05) is 5.32 Å². The van der Waals surface area contributed by atoms with Gasteiger partial charge in [0, 0.05) is 17.2 Å². The predicted octanol–water partition coefficient (Wildman–Crippen LogP) is 7.66. The lowest BCUT2D eigenvalue weighted by molar-refractivity contribution is -0.384. The zero-order chi connectivity index (χ0) is 27.6. The molecule has 0 atom stereocenters. The number of ether oxygens (including phenoxy) is 1.